The fourth-order valence-electron chi connectivity index (χ4n) is 1.89. The maximum absolute atomic E-state index is 14.0. The summed E-state index contributed by atoms with van der Waals surface area (Å²) >= 11 is 9.33. The summed E-state index contributed by atoms with van der Waals surface area (Å²) in [5, 5.41) is 2.04. The van der Waals surface area contributed by atoms with Crippen molar-refractivity contribution in [3.05, 3.63) is 54.8 Å². The van der Waals surface area contributed by atoms with E-state index in [-0.39, 0.29) is 9.24 Å². The molecule has 3 rings (SSSR count). The lowest BCUT2D eigenvalue weighted by molar-refractivity contribution is 0.563. The van der Waals surface area contributed by atoms with E-state index in [1.54, 1.807) is 11.4 Å². The van der Waals surface area contributed by atoms with Gasteiger partial charge in [-0.05, 0) is 35.8 Å². The highest BCUT2D eigenvalue weighted by Crippen LogP contribution is 2.23. The number of hydrogen-bond donors (Lipinski definition) is 1. The van der Waals surface area contributed by atoms with Gasteiger partial charge in [-0.15, -0.1) is 11.3 Å². The van der Waals surface area contributed by atoms with Gasteiger partial charge in [0.2, 0.25) is 0 Å². The Kier molecular flexibility index (Phi) is 3.31. The second kappa shape index (κ2) is 4.87. The zero-order valence-electron chi connectivity index (χ0n) is 9.62. The maximum atomic E-state index is 14.0. The van der Waals surface area contributed by atoms with Crippen molar-refractivity contribution in [2.45, 2.75) is 0 Å². The zero-order valence-corrected chi connectivity index (χ0v) is 12.8. The van der Waals surface area contributed by atoms with E-state index in [1.807, 2.05) is 0 Å². The second-order valence-corrected chi connectivity index (χ2v) is 6.17. The number of benzene rings is 1. The minimum Gasteiger partial charge on any atom is -0.323 e. The molecular weight excluding hydrogens is 370 g/mol. The van der Waals surface area contributed by atoms with Gasteiger partial charge in [0.1, 0.15) is 10.5 Å². The van der Waals surface area contributed by atoms with Crippen molar-refractivity contribution in [3.63, 3.8) is 0 Å². The van der Waals surface area contributed by atoms with Crippen LogP contribution in [0, 0.1) is 16.4 Å². The molecule has 3 aromatic rings. The third kappa shape index (κ3) is 2.04. The predicted octanol–water partition coefficient (Wildman–Crippen LogP) is 4.15. The van der Waals surface area contributed by atoms with Crippen molar-refractivity contribution in [2.75, 3.05) is 0 Å². The Balaban J connectivity index is 2.47. The minimum atomic E-state index is -0.868. The van der Waals surface area contributed by atoms with Gasteiger partial charge in [-0.2, -0.15) is 0 Å². The van der Waals surface area contributed by atoms with Gasteiger partial charge in [-0.25, -0.2) is 13.3 Å². The van der Waals surface area contributed by atoms with E-state index in [9.17, 15) is 13.6 Å². The van der Waals surface area contributed by atoms with Crippen LogP contribution in [0.2, 0.25) is 0 Å². The predicted molar refractivity (Wildman–Crippen MR) is 80.2 cm³/mol. The Morgan fingerprint density at radius 1 is 1.30 bits per heavy atom. The molecule has 0 aliphatic rings. The van der Waals surface area contributed by atoms with Crippen LogP contribution in [0.3, 0.4) is 0 Å². The van der Waals surface area contributed by atoms with Crippen molar-refractivity contribution >= 4 is 49.7 Å². The molecule has 0 saturated heterocycles. The molecular formula is C12H5BrF2N2OS2. The molecule has 0 fully saturated rings. The molecule has 8 heteroatoms. The molecule has 0 unspecified atom stereocenters. The zero-order chi connectivity index (χ0) is 14.4. The number of halogens is 3. The standard InChI is InChI=1S/C12H5BrF2N2OS2/c13-5-3-7(14)9(8(15)4-5)17-11(18)6-1-2-20-10(6)16-12(17)19/h1-4H,(H,16,19). The first-order valence-corrected chi connectivity index (χ1v) is 7.44. The van der Waals surface area contributed by atoms with Crippen molar-refractivity contribution in [1.29, 1.82) is 0 Å². The van der Waals surface area contributed by atoms with Crippen molar-refractivity contribution in [2.24, 2.45) is 0 Å². The van der Waals surface area contributed by atoms with Crippen LogP contribution in [-0.4, -0.2) is 9.55 Å². The quantitative estimate of drug-likeness (QED) is 0.649. The first-order valence-electron chi connectivity index (χ1n) is 5.36. The topological polar surface area (TPSA) is 37.8 Å². The summed E-state index contributed by atoms with van der Waals surface area (Å²) < 4.78 is 29.0. The number of fused-ring (bicyclic) bond motifs is 1. The Morgan fingerprint density at radius 3 is 2.60 bits per heavy atom. The van der Waals surface area contributed by atoms with Gasteiger partial charge in [0.15, 0.2) is 16.4 Å². The van der Waals surface area contributed by atoms with Gasteiger partial charge in [0.05, 0.1) is 5.39 Å². The lowest BCUT2D eigenvalue weighted by Crippen LogP contribution is -2.22. The van der Waals surface area contributed by atoms with E-state index in [2.05, 4.69) is 20.9 Å². The van der Waals surface area contributed by atoms with Crippen molar-refractivity contribution in [1.82, 2.24) is 9.55 Å². The van der Waals surface area contributed by atoms with Crippen molar-refractivity contribution in [3.8, 4) is 5.69 Å². The molecule has 3 nitrogen and oxygen atoms in total. The number of thiophene rings is 1. The minimum absolute atomic E-state index is 0.0509. The highest BCUT2D eigenvalue weighted by atomic mass is 79.9. The first kappa shape index (κ1) is 13.6. The molecule has 0 aliphatic heterocycles. The molecule has 0 bridgehead atoms. The second-order valence-electron chi connectivity index (χ2n) is 3.95. The number of nitrogens with zero attached hydrogens (tertiary/aromatic N) is 1. The Hall–Kier alpha value is -1.38. The van der Waals surface area contributed by atoms with Crippen LogP contribution in [0.5, 0.6) is 0 Å². The molecule has 0 spiro atoms. The summed E-state index contributed by atoms with van der Waals surface area (Å²) in [6, 6.07) is 3.74. The van der Waals surface area contributed by atoms with Gasteiger partial charge in [-0.1, -0.05) is 15.9 Å². The van der Waals surface area contributed by atoms with E-state index in [4.69, 9.17) is 12.2 Å². The van der Waals surface area contributed by atoms with Crippen LogP contribution in [0.15, 0.2) is 32.8 Å². The molecule has 2 heterocycles. The van der Waals surface area contributed by atoms with Crippen molar-refractivity contribution < 1.29 is 8.78 Å². The fourth-order valence-corrected chi connectivity index (χ4v) is 3.41. The highest BCUT2D eigenvalue weighted by Gasteiger charge is 2.17. The molecule has 1 N–H and O–H groups in total. The number of hydrogen-bond acceptors (Lipinski definition) is 3. The van der Waals surface area contributed by atoms with Gasteiger partial charge in [-0.3, -0.25) is 4.79 Å². The lowest BCUT2D eigenvalue weighted by Gasteiger charge is -2.09. The number of H-pyrrole nitrogens is 1. The summed E-state index contributed by atoms with van der Waals surface area (Å²) in [4.78, 5) is 15.7. The highest BCUT2D eigenvalue weighted by molar-refractivity contribution is 9.10. The molecule has 2 aromatic heterocycles. The molecule has 0 radical (unpaired) electrons. The van der Waals surface area contributed by atoms with Crippen LogP contribution >= 0.6 is 39.5 Å². The molecule has 0 aliphatic carbocycles. The van der Waals surface area contributed by atoms with Crippen LogP contribution in [-0.2, 0) is 0 Å². The van der Waals surface area contributed by atoms with Gasteiger partial charge in [0, 0.05) is 4.47 Å². The van der Waals surface area contributed by atoms with E-state index in [0.29, 0.717) is 10.2 Å². The average molecular weight is 375 g/mol. The lowest BCUT2D eigenvalue weighted by atomic mass is 10.3. The summed E-state index contributed by atoms with van der Waals surface area (Å²) in [5.41, 5.74) is -1.03. The summed E-state index contributed by atoms with van der Waals surface area (Å²) in [7, 11) is 0. The van der Waals surface area contributed by atoms with E-state index in [1.165, 1.54) is 11.3 Å². The largest absolute Gasteiger partial charge is 0.323 e. The van der Waals surface area contributed by atoms with Gasteiger partial charge < -0.3 is 4.98 Å². The monoisotopic (exact) mass is 374 g/mol. The van der Waals surface area contributed by atoms with Crippen LogP contribution in [0.4, 0.5) is 8.78 Å². The summed E-state index contributed by atoms with van der Waals surface area (Å²) in [6.45, 7) is 0. The van der Waals surface area contributed by atoms with Crippen LogP contribution in [0.1, 0.15) is 0 Å². The molecule has 20 heavy (non-hydrogen) atoms. The SMILES string of the molecule is O=c1c2ccsc2[nH]c(=S)n1-c1c(F)cc(Br)cc1F. The van der Waals surface area contributed by atoms with Gasteiger partial charge >= 0.3 is 0 Å². The van der Waals surface area contributed by atoms with E-state index < -0.39 is 22.9 Å². The molecule has 102 valence electrons. The smallest absolute Gasteiger partial charge is 0.267 e. The van der Waals surface area contributed by atoms with Crippen LogP contribution in [0.25, 0.3) is 15.9 Å². The molecule has 0 saturated carbocycles. The molecule has 0 amide bonds. The maximum Gasteiger partial charge on any atom is 0.267 e. The number of nitrogens with one attached hydrogen (secondary N) is 1. The van der Waals surface area contributed by atoms with E-state index in [0.717, 1.165) is 16.7 Å². The van der Waals surface area contributed by atoms with Gasteiger partial charge in [0.25, 0.3) is 5.56 Å². The number of aromatic amines is 1. The Labute approximate surface area is 128 Å². The summed E-state index contributed by atoms with van der Waals surface area (Å²) in [6.07, 6.45) is 0. The third-order valence-corrected chi connectivity index (χ3v) is 4.30. The Morgan fingerprint density at radius 2 is 1.95 bits per heavy atom. The van der Waals surface area contributed by atoms with Crippen LogP contribution < -0.4 is 5.56 Å². The fraction of sp³-hybridized carbons (Fsp3) is 0. The number of rotatable bonds is 1. The number of aromatic nitrogens is 2. The Bertz CT molecular complexity index is 922. The third-order valence-electron chi connectivity index (χ3n) is 2.73. The first-order chi connectivity index (χ1) is 9.49. The summed E-state index contributed by atoms with van der Waals surface area (Å²) in [5.74, 6) is -1.74. The molecule has 0 atom stereocenters. The average Bonchev–Trinajstić information content (AvgIpc) is 2.80. The molecule has 1 aromatic carbocycles. The normalized spacial score (nSPS) is 11.2. The van der Waals surface area contributed by atoms with E-state index >= 15 is 0 Å².